The topological polar surface area (TPSA) is 59.1 Å². The minimum Gasteiger partial charge on any atom is -0.493 e. The van der Waals surface area contributed by atoms with E-state index in [9.17, 15) is 9.59 Å². The van der Waals surface area contributed by atoms with Crippen LogP contribution in [0.5, 0.6) is 11.5 Å². The van der Waals surface area contributed by atoms with Crippen molar-refractivity contribution < 1.29 is 19.1 Å². The average molecular weight is 475 g/mol. The van der Waals surface area contributed by atoms with Crippen LogP contribution in [0.2, 0.25) is 0 Å². The lowest BCUT2D eigenvalue weighted by Gasteiger charge is -2.35. The first-order valence-corrected chi connectivity index (χ1v) is 12.3. The van der Waals surface area contributed by atoms with Crippen molar-refractivity contribution in [2.75, 3.05) is 27.3 Å². The van der Waals surface area contributed by atoms with Crippen molar-refractivity contribution in [3.63, 3.8) is 0 Å². The van der Waals surface area contributed by atoms with Gasteiger partial charge in [0.15, 0.2) is 11.5 Å². The summed E-state index contributed by atoms with van der Waals surface area (Å²) in [6.45, 7) is 10.9. The summed E-state index contributed by atoms with van der Waals surface area (Å²) in [5, 5.41) is 2.01. The Kier molecular flexibility index (Phi) is 9.77. The largest absolute Gasteiger partial charge is 0.493 e. The van der Waals surface area contributed by atoms with Crippen molar-refractivity contribution in [3.05, 3.63) is 46.2 Å². The van der Waals surface area contributed by atoms with Crippen molar-refractivity contribution in [1.82, 2.24) is 9.80 Å². The van der Waals surface area contributed by atoms with Gasteiger partial charge in [-0.15, -0.1) is 11.3 Å². The SMILES string of the molecule is CCC(C)N(CC(=O)N(CCc1ccc(OC)c(OC)c1)Cc1cccs1)C(=O)C(C)(C)C. The van der Waals surface area contributed by atoms with Gasteiger partial charge in [0.1, 0.15) is 6.54 Å². The van der Waals surface area contributed by atoms with Gasteiger partial charge in [0.2, 0.25) is 11.8 Å². The van der Waals surface area contributed by atoms with Crippen LogP contribution in [-0.2, 0) is 22.6 Å². The van der Waals surface area contributed by atoms with E-state index < -0.39 is 5.41 Å². The summed E-state index contributed by atoms with van der Waals surface area (Å²) >= 11 is 1.63. The highest BCUT2D eigenvalue weighted by atomic mass is 32.1. The molecule has 0 radical (unpaired) electrons. The number of rotatable bonds is 11. The lowest BCUT2D eigenvalue weighted by molar-refractivity contribution is -0.148. The first-order chi connectivity index (χ1) is 15.6. The van der Waals surface area contributed by atoms with Gasteiger partial charge in [0.25, 0.3) is 0 Å². The van der Waals surface area contributed by atoms with E-state index in [4.69, 9.17) is 9.47 Å². The third-order valence-corrected chi connectivity index (χ3v) is 6.59. The maximum atomic E-state index is 13.5. The van der Waals surface area contributed by atoms with E-state index in [0.717, 1.165) is 16.9 Å². The Morgan fingerprint density at radius 2 is 1.79 bits per heavy atom. The number of nitrogens with zero attached hydrogens (tertiary/aromatic N) is 2. The molecule has 0 bridgehead atoms. The molecule has 0 fully saturated rings. The summed E-state index contributed by atoms with van der Waals surface area (Å²) in [4.78, 5) is 31.3. The van der Waals surface area contributed by atoms with E-state index in [0.29, 0.717) is 31.0 Å². The van der Waals surface area contributed by atoms with E-state index in [-0.39, 0.29) is 24.4 Å². The molecular formula is C26H38N2O4S. The molecule has 0 spiro atoms. The molecule has 33 heavy (non-hydrogen) atoms. The Morgan fingerprint density at radius 1 is 1.09 bits per heavy atom. The Bertz CT molecular complexity index is 906. The molecule has 0 aliphatic heterocycles. The van der Waals surface area contributed by atoms with Crippen LogP contribution < -0.4 is 9.47 Å². The monoisotopic (exact) mass is 474 g/mol. The van der Waals surface area contributed by atoms with Crippen LogP contribution in [0.4, 0.5) is 0 Å². The third kappa shape index (κ3) is 7.49. The average Bonchev–Trinajstić information content (AvgIpc) is 3.31. The van der Waals surface area contributed by atoms with E-state index in [1.165, 1.54) is 0 Å². The molecule has 1 heterocycles. The Labute approximate surface area is 202 Å². The number of benzene rings is 1. The van der Waals surface area contributed by atoms with Crippen LogP contribution in [0.15, 0.2) is 35.7 Å². The Balaban J connectivity index is 2.21. The molecule has 2 amide bonds. The molecule has 1 aromatic carbocycles. The van der Waals surface area contributed by atoms with Gasteiger partial charge < -0.3 is 19.3 Å². The summed E-state index contributed by atoms with van der Waals surface area (Å²) in [7, 11) is 3.23. The van der Waals surface area contributed by atoms with Gasteiger partial charge in [-0.25, -0.2) is 0 Å². The quantitative estimate of drug-likeness (QED) is 0.459. The lowest BCUT2D eigenvalue weighted by atomic mass is 9.93. The van der Waals surface area contributed by atoms with Gasteiger partial charge in [-0.3, -0.25) is 9.59 Å². The minimum absolute atomic E-state index is 0.00108. The molecule has 6 nitrogen and oxygen atoms in total. The van der Waals surface area contributed by atoms with Gasteiger partial charge >= 0.3 is 0 Å². The van der Waals surface area contributed by atoms with Crippen LogP contribution in [0, 0.1) is 5.41 Å². The van der Waals surface area contributed by atoms with Gasteiger partial charge in [-0.2, -0.15) is 0 Å². The molecule has 1 aromatic heterocycles. The molecule has 2 aromatic rings. The number of carbonyl (C=O) groups excluding carboxylic acids is 2. The van der Waals surface area contributed by atoms with Crippen molar-refractivity contribution in [2.45, 2.75) is 60.0 Å². The molecule has 7 heteroatoms. The fourth-order valence-electron chi connectivity index (χ4n) is 3.51. The number of carbonyl (C=O) groups is 2. The predicted octanol–water partition coefficient (Wildman–Crippen LogP) is 5.01. The molecule has 0 aliphatic rings. The summed E-state index contributed by atoms with van der Waals surface area (Å²) in [5.74, 6) is 1.31. The van der Waals surface area contributed by atoms with Crippen molar-refractivity contribution in [1.29, 1.82) is 0 Å². The molecule has 1 atom stereocenters. The molecule has 182 valence electrons. The molecule has 0 N–H and O–H groups in total. The van der Waals surface area contributed by atoms with Crippen LogP contribution >= 0.6 is 11.3 Å². The second-order valence-corrected chi connectivity index (χ2v) is 10.3. The highest BCUT2D eigenvalue weighted by Crippen LogP contribution is 2.28. The Hall–Kier alpha value is -2.54. The third-order valence-electron chi connectivity index (χ3n) is 5.73. The van der Waals surface area contributed by atoms with Gasteiger partial charge in [0, 0.05) is 22.9 Å². The minimum atomic E-state index is -0.540. The fourth-order valence-corrected chi connectivity index (χ4v) is 4.23. The second kappa shape index (κ2) is 12.1. The summed E-state index contributed by atoms with van der Waals surface area (Å²) in [6, 6.07) is 9.84. The number of hydrogen-bond acceptors (Lipinski definition) is 5. The number of methoxy groups -OCH3 is 2. The normalized spacial score (nSPS) is 12.2. The van der Waals surface area contributed by atoms with Crippen molar-refractivity contribution >= 4 is 23.2 Å². The number of amides is 2. The predicted molar refractivity (Wildman–Crippen MR) is 134 cm³/mol. The number of thiophene rings is 1. The fraction of sp³-hybridized carbons (Fsp3) is 0.538. The molecular weight excluding hydrogens is 436 g/mol. The first-order valence-electron chi connectivity index (χ1n) is 11.4. The highest BCUT2D eigenvalue weighted by molar-refractivity contribution is 7.09. The van der Waals surface area contributed by atoms with E-state index >= 15 is 0 Å². The van der Waals surface area contributed by atoms with Crippen LogP contribution in [0.3, 0.4) is 0 Å². The molecule has 2 rings (SSSR count). The maximum Gasteiger partial charge on any atom is 0.242 e. The zero-order chi connectivity index (χ0) is 24.6. The van der Waals surface area contributed by atoms with E-state index in [1.807, 2.05) is 75.2 Å². The van der Waals surface area contributed by atoms with Crippen molar-refractivity contribution in [2.24, 2.45) is 5.41 Å². The molecule has 0 saturated heterocycles. The zero-order valence-corrected chi connectivity index (χ0v) is 21.8. The van der Waals surface area contributed by atoms with Crippen LogP contribution in [0.1, 0.15) is 51.5 Å². The lowest BCUT2D eigenvalue weighted by Crippen LogP contribution is -2.50. The maximum absolute atomic E-state index is 13.5. The van der Waals surface area contributed by atoms with Gasteiger partial charge in [-0.1, -0.05) is 39.8 Å². The second-order valence-electron chi connectivity index (χ2n) is 9.27. The van der Waals surface area contributed by atoms with Crippen LogP contribution in [-0.4, -0.2) is 55.0 Å². The smallest absolute Gasteiger partial charge is 0.242 e. The van der Waals surface area contributed by atoms with Crippen molar-refractivity contribution in [3.8, 4) is 11.5 Å². The van der Waals surface area contributed by atoms with Gasteiger partial charge in [0.05, 0.1) is 20.8 Å². The summed E-state index contributed by atoms with van der Waals surface area (Å²) < 4.78 is 10.7. The van der Waals surface area contributed by atoms with E-state index in [2.05, 4.69) is 0 Å². The first kappa shape index (κ1) is 26.7. The van der Waals surface area contributed by atoms with Crippen LogP contribution in [0.25, 0.3) is 0 Å². The Morgan fingerprint density at radius 3 is 2.33 bits per heavy atom. The summed E-state index contributed by atoms with van der Waals surface area (Å²) in [5.41, 5.74) is 0.517. The number of ether oxygens (including phenoxy) is 2. The molecule has 0 saturated carbocycles. The highest BCUT2D eigenvalue weighted by Gasteiger charge is 2.32. The van der Waals surface area contributed by atoms with E-state index in [1.54, 1.807) is 30.5 Å². The summed E-state index contributed by atoms with van der Waals surface area (Å²) in [6.07, 6.45) is 1.47. The zero-order valence-electron chi connectivity index (χ0n) is 21.0. The molecule has 1 unspecified atom stereocenters. The van der Waals surface area contributed by atoms with Gasteiger partial charge in [-0.05, 0) is 48.9 Å². The standard InChI is InChI=1S/C26H38N2O4S/c1-8-19(2)28(25(30)26(3,4)5)18-24(29)27(17-21-10-9-15-33-21)14-13-20-11-12-22(31-6)23(16-20)32-7/h9-12,15-16,19H,8,13-14,17-18H2,1-7H3. The molecule has 0 aliphatic carbocycles. The number of hydrogen-bond donors (Lipinski definition) is 0.